The van der Waals surface area contributed by atoms with E-state index in [2.05, 4.69) is 12.2 Å². The van der Waals surface area contributed by atoms with Crippen LogP contribution in [-0.4, -0.2) is 43.8 Å². The van der Waals surface area contributed by atoms with Gasteiger partial charge in [-0.1, -0.05) is 24.6 Å². The highest BCUT2D eigenvalue weighted by molar-refractivity contribution is 7.91. The van der Waals surface area contributed by atoms with Crippen molar-refractivity contribution in [2.24, 2.45) is 0 Å². The minimum Gasteiger partial charge on any atom is -0.485 e. The van der Waals surface area contributed by atoms with Crippen LogP contribution < -0.4 is 10.1 Å². The van der Waals surface area contributed by atoms with Gasteiger partial charge in [-0.25, -0.2) is 8.42 Å². The molecule has 118 valence electrons. The number of aliphatic hydroxyl groups is 1. The van der Waals surface area contributed by atoms with Gasteiger partial charge in [0.15, 0.2) is 9.84 Å². The molecular formula is C14H20ClNO4S. The van der Waals surface area contributed by atoms with Crippen LogP contribution in [0.25, 0.3) is 0 Å². The number of hydrogen-bond acceptors (Lipinski definition) is 5. The lowest BCUT2D eigenvalue weighted by Gasteiger charge is -2.17. The summed E-state index contributed by atoms with van der Waals surface area (Å²) < 4.78 is 28.4. The van der Waals surface area contributed by atoms with Crippen LogP contribution in [-0.2, 0) is 16.4 Å². The van der Waals surface area contributed by atoms with Crippen molar-refractivity contribution in [1.82, 2.24) is 5.32 Å². The summed E-state index contributed by atoms with van der Waals surface area (Å²) in [6.07, 6.45) is -0.697. The number of benzene rings is 1. The average Bonchev–Trinajstić information content (AvgIpc) is 2.66. The van der Waals surface area contributed by atoms with Crippen molar-refractivity contribution in [2.45, 2.75) is 32.1 Å². The van der Waals surface area contributed by atoms with Crippen molar-refractivity contribution in [3.63, 3.8) is 0 Å². The van der Waals surface area contributed by atoms with Gasteiger partial charge >= 0.3 is 0 Å². The summed E-state index contributed by atoms with van der Waals surface area (Å²) >= 11 is 6.16. The van der Waals surface area contributed by atoms with E-state index in [0.29, 0.717) is 17.3 Å². The maximum Gasteiger partial charge on any atom is 0.156 e. The lowest BCUT2D eigenvalue weighted by atomic mass is 10.2. The van der Waals surface area contributed by atoms with Gasteiger partial charge in [-0.15, -0.1) is 0 Å². The molecule has 2 unspecified atom stereocenters. The molecule has 1 aliphatic rings. The molecule has 1 saturated heterocycles. The van der Waals surface area contributed by atoms with E-state index in [1.54, 1.807) is 12.1 Å². The van der Waals surface area contributed by atoms with Gasteiger partial charge in [0.05, 0.1) is 16.5 Å². The molecule has 1 aliphatic heterocycles. The molecule has 2 rings (SSSR count). The summed E-state index contributed by atoms with van der Waals surface area (Å²) in [5, 5.41) is 13.4. The Hall–Kier alpha value is -0.820. The van der Waals surface area contributed by atoms with E-state index in [-0.39, 0.29) is 11.5 Å². The quantitative estimate of drug-likeness (QED) is 0.769. The first-order chi connectivity index (χ1) is 9.91. The van der Waals surface area contributed by atoms with E-state index >= 15 is 0 Å². The molecule has 2 N–H and O–H groups in total. The fourth-order valence-electron chi connectivity index (χ4n) is 2.23. The van der Waals surface area contributed by atoms with Gasteiger partial charge in [0.2, 0.25) is 0 Å². The van der Waals surface area contributed by atoms with Crippen LogP contribution in [0.3, 0.4) is 0 Å². The number of nitrogens with one attached hydrogen (secondary N) is 1. The monoisotopic (exact) mass is 333 g/mol. The van der Waals surface area contributed by atoms with E-state index in [4.69, 9.17) is 16.3 Å². The first-order valence-corrected chi connectivity index (χ1v) is 9.15. The fraction of sp³-hybridized carbons (Fsp3) is 0.571. The largest absolute Gasteiger partial charge is 0.485 e. The first-order valence-electron chi connectivity index (χ1n) is 6.95. The van der Waals surface area contributed by atoms with Crippen molar-refractivity contribution in [2.75, 3.05) is 18.1 Å². The Morgan fingerprint density at radius 3 is 2.76 bits per heavy atom. The zero-order valence-corrected chi connectivity index (χ0v) is 13.5. The predicted molar refractivity (Wildman–Crippen MR) is 82.5 cm³/mol. The SMILES string of the molecule is CCCNCc1ccc(OC2CS(=O)(=O)CC2O)c(Cl)c1. The lowest BCUT2D eigenvalue weighted by Crippen LogP contribution is -2.29. The van der Waals surface area contributed by atoms with Crippen molar-refractivity contribution < 1.29 is 18.3 Å². The second kappa shape index (κ2) is 6.96. The Balaban J connectivity index is 2.01. The Kier molecular flexibility index (Phi) is 5.48. The third kappa shape index (κ3) is 4.57. The summed E-state index contributed by atoms with van der Waals surface area (Å²) in [4.78, 5) is 0. The normalized spacial score (nSPS) is 24.1. The molecule has 7 heteroatoms. The Labute approximate surface area is 130 Å². The molecule has 0 aromatic heterocycles. The molecule has 1 heterocycles. The van der Waals surface area contributed by atoms with Crippen LogP contribution in [0.5, 0.6) is 5.75 Å². The highest BCUT2D eigenvalue weighted by atomic mass is 35.5. The molecule has 21 heavy (non-hydrogen) atoms. The number of aliphatic hydroxyl groups excluding tert-OH is 1. The summed E-state index contributed by atoms with van der Waals surface area (Å²) in [5.74, 6) is -0.0319. The molecule has 0 amide bonds. The minimum absolute atomic E-state index is 0.176. The summed E-state index contributed by atoms with van der Waals surface area (Å²) in [5.41, 5.74) is 1.03. The molecule has 0 saturated carbocycles. The van der Waals surface area contributed by atoms with Gasteiger partial charge < -0.3 is 15.2 Å². The summed E-state index contributed by atoms with van der Waals surface area (Å²) in [6.45, 7) is 3.74. The molecule has 0 radical (unpaired) electrons. The molecule has 0 aliphatic carbocycles. The Morgan fingerprint density at radius 2 is 2.19 bits per heavy atom. The molecule has 0 spiro atoms. The third-order valence-corrected chi connectivity index (χ3v) is 5.28. The molecule has 0 bridgehead atoms. The van der Waals surface area contributed by atoms with Gasteiger partial charge in [0.25, 0.3) is 0 Å². The second-order valence-electron chi connectivity index (χ2n) is 5.24. The smallest absolute Gasteiger partial charge is 0.156 e. The fourth-order valence-corrected chi connectivity index (χ4v) is 4.14. The van der Waals surface area contributed by atoms with Gasteiger partial charge in [-0.3, -0.25) is 0 Å². The molecule has 1 aromatic rings. The molecule has 2 atom stereocenters. The van der Waals surface area contributed by atoms with Gasteiger partial charge in [-0.2, -0.15) is 0 Å². The van der Waals surface area contributed by atoms with Crippen LogP contribution in [0.1, 0.15) is 18.9 Å². The van der Waals surface area contributed by atoms with Crippen molar-refractivity contribution in [3.8, 4) is 5.75 Å². The minimum atomic E-state index is -3.23. The summed E-state index contributed by atoms with van der Waals surface area (Å²) in [6, 6.07) is 5.37. The van der Waals surface area contributed by atoms with E-state index in [0.717, 1.165) is 18.5 Å². The summed E-state index contributed by atoms with van der Waals surface area (Å²) in [7, 11) is -3.23. The van der Waals surface area contributed by atoms with E-state index in [1.807, 2.05) is 6.07 Å². The van der Waals surface area contributed by atoms with Crippen LogP contribution >= 0.6 is 11.6 Å². The average molecular weight is 334 g/mol. The molecule has 1 aromatic carbocycles. The Morgan fingerprint density at radius 1 is 1.43 bits per heavy atom. The predicted octanol–water partition coefficient (Wildman–Crippen LogP) is 1.38. The van der Waals surface area contributed by atoms with Gasteiger partial charge in [-0.05, 0) is 30.7 Å². The van der Waals surface area contributed by atoms with Crippen molar-refractivity contribution in [3.05, 3.63) is 28.8 Å². The zero-order valence-electron chi connectivity index (χ0n) is 11.9. The van der Waals surface area contributed by atoms with E-state index < -0.39 is 22.0 Å². The Bertz CT molecular complexity index is 591. The number of hydrogen-bond donors (Lipinski definition) is 2. The molecule has 1 fully saturated rings. The van der Waals surface area contributed by atoms with Gasteiger partial charge in [0.1, 0.15) is 18.0 Å². The topological polar surface area (TPSA) is 75.6 Å². The van der Waals surface area contributed by atoms with Gasteiger partial charge in [0, 0.05) is 6.54 Å². The number of rotatable bonds is 6. The second-order valence-corrected chi connectivity index (χ2v) is 7.80. The van der Waals surface area contributed by atoms with E-state index in [1.165, 1.54) is 0 Å². The van der Waals surface area contributed by atoms with Crippen molar-refractivity contribution in [1.29, 1.82) is 0 Å². The maximum atomic E-state index is 11.4. The van der Waals surface area contributed by atoms with Crippen LogP contribution in [0.15, 0.2) is 18.2 Å². The van der Waals surface area contributed by atoms with Crippen LogP contribution in [0.4, 0.5) is 0 Å². The van der Waals surface area contributed by atoms with Crippen molar-refractivity contribution >= 4 is 21.4 Å². The number of sulfone groups is 1. The molecule has 5 nitrogen and oxygen atoms in total. The maximum absolute atomic E-state index is 11.4. The van der Waals surface area contributed by atoms with Crippen LogP contribution in [0, 0.1) is 0 Å². The highest BCUT2D eigenvalue weighted by Gasteiger charge is 2.38. The van der Waals surface area contributed by atoms with Crippen LogP contribution in [0.2, 0.25) is 5.02 Å². The number of halogens is 1. The highest BCUT2D eigenvalue weighted by Crippen LogP contribution is 2.28. The zero-order chi connectivity index (χ0) is 15.5. The first kappa shape index (κ1) is 16.5. The standard InChI is InChI=1S/C14H20ClNO4S/c1-2-5-16-7-10-3-4-13(11(15)6-10)20-14-9-21(18,19)8-12(14)17/h3-4,6,12,14,16-17H,2,5,7-9H2,1H3. The lowest BCUT2D eigenvalue weighted by molar-refractivity contribution is 0.0738. The third-order valence-electron chi connectivity index (χ3n) is 3.30. The van der Waals surface area contributed by atoms with E-state index in [9.17, 15) is 13.5 Å². The number of ether oxygens (including phenoxy) is 1. The molecular weight excluding hydrogens is 314 g/mol.